The van der Waals surface area contributed by atoms with E-state index in [9.17, 15) is 0 Å². The standard InChI is InChI=1S/C11H7BrClN3S/c12-7-3-10(11(13)16-5-7)15-6-9-2-1-8(4-14)17-9/h1-3,5,15H,6H2. The Labute approximate surface area is 116 Å². The van der Waals surface area contributed by atoms with Crippen LogP contribution in [0.3, 0.4) is 0 Å². The van der Waals surface area contributed by atoms with Crippen LogP contribution < -0.4 is 5.32 Å². The minimum atomic E-state index is 0.435. The van der Waals surface area contributed by atoms with Crippen LogP contribution in [0, 0.1) is 11.3 Å². The van der Waals surface area contributed by atoms with E-state index in [1.807, 2.05) is 18.2 Å². The fourth-order valence-electron chi connectivity index (χ4n) is 1.26. The number of aromatic nitrogens is 1. The zero-order valence-electron chi connectivity index (χ0n) is 8.58. The molecule has 0 atom stereocenters. The molecule has 0 bridgehead atoms. The molecule has 0 aliphatic heterocycles. The SMILES string of the molecule is N#Cc1ccc(CNc2cc(Br)cnc2Cl)s1. The van der Waals surface area contributed by atoms with Gasteiger partial charge in [-0.15, -0.1) is 11.3 Å². The molecule has 2 aromatic rings. The quantitative estimate of drug-likeness (QED) is 0.865. The van der Waals surface area contributed by atoms with Gasteiger partial charge in [0.2, 0.25) is 0 Å². The minimum Gasteiger partial charge on any atom is -0.378 e. The number of anilines is 1. The van der Waals surface area contributed by atoms with Gasteiger partial charge in [0, 0.05) is 22.1 Å². The summed E-state index contributed by atoms with van der Waals surface area (Å²) in [5.41, 5.74) is 0.771. The van der Waals surface area contributed by atoms with E-state index in [0.717, 1.165) is 15.0 Å². The van der Waals surface area contributed by atoms with Crippen molar-refractivity contribution < 1.29 is 0 Å². The molecule has 0 saturated heterocycles. The van der Waals surface area contributed by atoms with Crippen molar-refractivity contribution in [2.24, 2.45) is 0 Å². The maximum atomic E-state index is 8.72. The van der Waals surface area contributed by atoms with E-state index in [2.05, 4.69) is 32.3 Å². The van der Waals surface area contributed by atoms with Crippen molar-refractivity contribution in [3.63, 3.8) is 0 Å². The van der Waals surface area contributed by atoms with Crippen LogP contribution in [-0.4, -0.2) is 4.98 Å². The van der Waals surface area contributed by atoms with E-state index < -0.39 is 0 Å². The van der Waals surface area contributed by atoms with E-state index in [-0.39, 0.29) is 0 Å². The number of halogens is 2. The Bertz CT molecular complexity index is 576. The lowest BCUT2D eigenvalue weighted by Gasteiger charge is -2.06. The first-order chi connectivity index (χ1) is 8.19. The largest absolute Gasteiger partial charge is 0.378 e. The van der Waals surface area contributed by atoms with Crippen LogP contribution >= 0.6 is 38.9 Å². The van der Waals surface area contributed by atoms with Crippen molar-refractivity contribution in [1.82, 2.24) is 4.98 Å². The normalized spacial score (nSPS) is 9.94. The van der Waals surface area contributed by atoms with Gasteiger partial charge in [-0.25, -0.2) is 4.98 Å². The van der Waals surface area contributed by atoms with Gasteiger partial charge in [-0.1, -0.05) is 11.6 Å². The first-order valence-corrected chi connectivity index (χ1v) is 6.71. The first kappa shape index (κ1) is 12.4. The van der Waals surface area contributed by atoms with Gasteiger partial charge >= 0.3 is 0 Å². The molecule has 17 heavy (non-hydrogen) atoms. The summed E-state index contributed by atoms with van der Waals surface area (Å²) in [6, 6.07) is 7.71. The third-order valence-electron chi connectivity index (χ3n) is 2.03. The number of pyridine rings is 1. The number of nitrogens with zero attached hydrogens (tertiary/aromatic N) is 2. The molecule has 2 heterocycles. The molecule has 0 amide bonds. The molecule has 0 aliphatic carbocycles. The van der Waals surface area contributed by atoms with Gasteiger partial charge in [0.1, 0.15) is 10.9 Å². The molecule has 2 aromatic heterocycles. The van der Waals surface area contributed by atoms with Crippen LogP contribution in [0.2, 0.25) is 5.15 Å². The highest BCUT2D eigenvalue weighted by Gasteiger charge is 2.04. The van der Waals surface area contributed by atoms with Gasteiger partial charge in [-0.2, -0.15) is 5.26 Å². The average molecular weight is 329 g/mol. The maximum Gasteiger partial charge on any atom is 0.152 e. The molecule has 1 N–H and O–H groups in total. The third kappa shape index (κ3) is 3.19. The summed E-state index contributed by atoms with van der Waals surface area (Å²) in [6.45, 7) is 0.629. The lowest BCUT2D eigenvalue weighted by molar-refractivity contribution is 1.17. The molecule has 0 unspecified atom stereocenters. The Hall–Kier alpha value is -1.09. The van der Waals surface area contributed by atoms with Crippen LogP contribution in [0.4, 0.5) is 5.69 Å². The first-order valence-electron chi connectivity index (χ1n) is 4.73. The van der Waals surface area contributed by atoms with Crippen LogP contribution in [0.1, 0.15) is 9.75 Å². The predicted octanol–water partition coefficient (Wildman–Crippen LogP) is 4.04. The van der Waals surface area contributed by atoms with E-state index in [1.165, 1.54) is 11.3 Å². The van der Waals surface area contributed by atoms with Crippen molar-refractivity contribution in [3.8, 4) is 6.07 Å². The van der Waals surface area contributed by atoms with Crippen molar-refractivity contribution in [2.45, 2.75) is 6.54 Å². The topological polar surface area (TPSA) is 48.7 Å². The molecular weight excluding hydrogens is 322 g/mol. The fraction of sp³-hybridized carbons (Fsp3) is 0.0909. The number of nitriles is 1. The molecule has 2 rings (SSSR count). The van der Waals surface area contributed by atoms with Crippen LogP contribution in [-0.2, 0) is 6.54 Å². The molecule has 0 spiro atoms. The molecule has 0 aliphatic rings. The predicted molar refractivity (Wildman–Crippen MR) is 73.3 cm³/mol. The smallest absolute Gasteiger partial charge is 0.152 e. The summed E-state index contributed by atoms with van der Waals surface area (Å²) in [7, 11) is 0. The highest BCUT2D eigenvalue weighted by molar-refractivity contribution is 9.10. The van der Waals surface area contributed by atoms with Gasteiger partial charge in [0.25, 0.3) is 0 Å². The second-order valence-electron chi connectivity index (χ2n) is 3.22. The monoisotopic (exact) mass is 327 g/mol. The minimum absolute atomic E-state index is 0.435. The zero-order valence-corrected chi connectivity index (χ0v) is 11.7. The summed E-state index contributed by atoms with van der Waals surface area (Å²) >= 11 is 10.8. The second-order valence-corrected chi connectivity index (χ2v) is 5.67. The number of nitrogens with one attached hydrogen (secondary N) is 1. The van der Waals surface area contributed by atoms with Crippen molar-refractivity contribution in [1.29, 1.82) is 5.26 Å². The summed E-state index contributed by atoms with van der Waals surface area (Å²) < 4.78 is 0.869. The molecule has 0 aromatic carbocycles. The molecule has 0 saturated carbocycles. The van der Waals surface area contributed by atoms with E-state index in [4.69, 9.17) is 16.9 Å². The Balaban J connectivity index is 2.07. The summed E-state index contributed by atoms with van der Waals surface area (Å²) in [4.78, 5) is 5.81. The summed E-state index contributed by atoms with van der Waals surface area (Å²) in [5, 5.41) is 12.3. The molecule has 6 heteroatoms. The van der Waals surface area contributed by atoms with Gasteiger partial charge in [0.05, 0.1) is 5.69 Å². The Morgan fingerprint density at radius 2 is 2.35 bits per heavy atom. The number of thiophene rings is 1. The Morgan fingerprint density at radius 3 is 3.06 bits per heavy atom. The lowest BCUT2D eigenvalue weighted by Crippen LogP contribution is -1.98. The molecular formula is C11H7BrClN3S. The summed E-state index contributed by atoms with van der Waals surface area (Å²) in [6.07, 6.45) is 1.65. The van der Waals surface area contributed by atoms with Gasteiger partial charge < -0.3 is 5.32 Å². The van der Waals surface area contributed by atoms with Gasteiger partial charge in [-0.05, 0) is 34.1 Å². The summed E-state index contributed by atoms with van der Waals surface area (Å²) in [5.74, 6) is 0. The number of hydrogen-bond acceptors (Lipinski definition) is 4. The lowest BCUT2D eigenvalue weighted by atomic mass is 10.4. The second kappa shape index (κ2) is 5.50. The number of hydrogen-bond donors (Lipinski definition) is 1. The maximum absolute atomic E-state index is 8.72. The Kier molecular flexibility index (Phi) is 4.00. The van der Waals surface area contributed by atoms with E-state index in [0.29, 0.717) is 16.6 Å². The van der Waals surface area contributed by atoms with Crippen LogP contribution in [0.15, 0.2) is 28.9 Å². The highest BCUT2D eigenvalue weighted by Crippen LogP contribution is 2.24. The highest BCUT2D eigenvalue weighted by atomic mass is 79.9. The Morgan fingerprint density at radius 1 is 1.53 bits per heavy atom. The molecule has 86 valence electrons. The molecule has 0 fully saturated rings. The molecule has 0 radical (unpaired) electrons. The average Bonchev–Trinajstić information content (AvgIpc) is 2.78. The van der Waals surface area contributed by atoms with Crippen LogP contribution in [0.25, 0.3) is 0 Å². The van der Waals surface area contributed by atoms with Gasteiger partial charge in [0.15, 0.2) is 5.15 Å². The van der Waals surface area contributed by atoms with E-state index in [1.54, 1.807) is 6.20 Å². The van der Waals surface area contributed by atoms with Crippen LogP contribution in [0.5, 0.6) is 0 Å². The molecule has 3 nitrogen and oxygen atoms in total. The zero-order chi connectivity index (χ0) is 12.3. The van der Waals surface area contributed by atoms with Gasteiger partial charge in [-0.3, -0.25) is 0 Å². The fourth-order valence-corrected chi connectivity index (χ4v) is 2.51. The van der Waals surface area contributed by atoms with Crippen molar-refractivity contribution >= 4 is 44.6 Å². The third-order valence-corrected chi connectivity index (χ3v) is 3.76. The number of rotatable bonds is 3. The van der Waals surface area contributed by atoms with Crippen molar-refractivity contribution in [2.75, 3.05) is 5.32 Å². The van der Waals surface area contributed by atoms with Crippen molar-refractivity contribution in [3.05, 3.63) is 43.8 Å². The van der Waals surface area contributed by atoms with E-state index >= 15 is 0 Å².